The van der Waals surface area contributed by atoms with Gasteiger partial charge >= 0.3 is 39.5 Å². The van der Waals surface area contributed by atoms with Crippen molar-refractivity contribution in [1.29, 1.82) is 0 Å². The van der Waals surface area contributed by atoms with Gasteiger partial charge in [0.25, 0.3) is 0 Å². The van der Waals surface area contributed by atoms with Gasteiger partial charge in [0.2, 0.25) is 0 Å². The van der Waals surface area contributed by atoms with E-state index >= 15 is 0 Å². The molecule has 0 amide bonds. The van der Waals surface area contributed by atoms with Crippen molar-refractivity contribution in [1.82, 2.24) is 0 Å². The topological polar surface area (TPSA) is 237 Å². The fourth-order valence-electron chi connectivity index (χ4n) is 9.08. The molecular weight excluding hydrogens is 1110 g/mol. The average Bonchev–Trinajstić information content (AvgIpc) is 3.46. The van der Waals surface area contributed by atoms with Crippen LogP contribution in [0.25, 0.3) is 0 Å². The number of esters is 4. The summed E-state index contributed by atoms with van der Waals surface area (Å²) in [6, 6.07) is 0. The number of phosphoric acid groups is 2. The molecule has 84 heavy (non-hydrogen) atoms. The maximum Gasteiger partial charge on any atom is 0.472 e. The molecule has 0 bridgehead atoms. The highest BCUT2D eigenvalue weighted by atomic mass is 31.2. The summed E-state index contributed by atoms with van der Waals surface area (Å²) in [4.78, 5) is 72.2. The van der Waals surface area contributed by atoms with Crippen molar-refractivity contribution in [3.8, 4) is 0 Å². The Bertz CT molecular complexity index is 1760. The van der Waals surface area contributed by atoms with Gasteiger partial charge in [-0.2, -0.15) is 0 Å². The van der Waals surface area contributed by atoms with Crippen LogP contribution in [0.5, 0.6) is 0 Å². The van der Waals surface area contributed by atoms with Gasteiger partial charge in [0.1, 0.15) is 19.3 Å². The monoisotopic (exact) mass is 1240 g/mol. The lowest BCUT2D eigenvalue weighted by Gasteiger charge is -2.21. The summed E-state index contributed by atoms with van der Waals surface area (Å²) < 4.78 is 67.9. The highest BCUT2D eigenvalue weighted by molar-refractivity contribution is 7.47. The summed E-state index contributed by atoms with van der Waals surface area (Å²) >= 11 is 0. The number of ether oxygens (including phenoxy) is 4. The van der Waals surface area contributed by atoms with E-state index in [-0.39, 0.29) is 25.7 Å². The van der Waals surface area contributed by atoms with E-state index in [0.717, 1.165) is 121 Å². The fraction of sp³-hybridized carbons (Fsp3) is 0.877. The predicted molar refractivity (Wildman–Crippen MR) is 335 cm³/mol. The lowest BCUT2D eigenvalue weighted by Crippen LogP contribution is -2.30. The van der Waals surface area contributed by atoms with Gasteiger partial charge in [-0.05, 0) is 69.1 Å². The second-order valence-corrected chi connectivity index (χ2v) is 26.9. The summed E-state index contributed by atoms with van der Waals surface area (Å²) in [5, 5.41) is 10.5. The Kier molecular flexibility index (Phi) is 54.2. The number of hydrogen-bond acceptors (Lipinski definition) is 15. The Hall–Kier alpha value is -2.46. The zero-order valence-corrected chi connectivity index (χ0v) is 55.6. The number of aliphatic hydroxyl groups is 1. The number of unbranched alkanes of at least 4 members (excludes halogenated alkanes) is 25. The molecule has 6 atom stereocenters. The molecule has 0 saturated carbocycles. The minimum atomic E-state index is -4.95. The van der Waals surface area contributed by atoms with Crippen LogP contribution in [0, 0.1) is 17.8 Å². The molecular formula is C65H122O17P2. The first-order valence-corrected chi connectivity index (χ1v) is 36.2. The van der Waals surface area contributed by atoms with Crippen LogP contribution in [-0.4, -0.2) is 96.7 Å². The lowest BCUT2D eigenvalue weighted by molar-refractivity contribution is -0.161. The summed E-state index contributed by atoms with van der Waals surface area (Å²) in [5.41, 5.74) is 0. The molecule has 0 heterocycles. The third-order valence-corrected chi connectivity index (χ3v) is 16.5. The largest absolute Gasteiger partial charge is 0.472 e. The van der Waals surface area contributed by atoms with Gasteiger partial charge < -0.3 is 33.8 Å². The first-order chi connectivity index (χ1) is 40.3. The van der Waals surface area contributed by atoms with Crippen LogP contribution in [0.4, 0.5) is 0 Å². The number of carbonyl (C=O) groups excluding carboxylic acids is 4. The van der Waals surface area contributed by atoms with Crippen LogP contribution in [0.2, 0.25) is 0 Å². The van der Waals surface area contributed by atoms with Gasteiger partial charge in [-0.3, -0.25) is 37.3 Å². The molecule has 0 aromatic rings. The molecule has 0 saturated heterocycles. The van der Waals surface area contributed by atoms with Crippen LogP contribution in [0.3, 0.4) is 0 Å². The van der Waals surface area contributed by atoms with Crippen molar-refractivity contribution in [2.75, 3.05) is 39.6 Å². The molecule has 3 unspecified atom stereocenters. The van der Waals surface area contributed by atoms with E-state index in [1.807, 2.05) is 0 Å². The number of rotatable bonds is 61. The SMILES string of the molecule is CCCCCC/C=C\C=C/CCCCCCCC(=O)O[C@H](COC(=O)CCCCCCCCC(C)C)COP(=O)(O)OC[C@H](O)COP(=O)(O)OC[C@@H](COC(=O)CCCCCCCCCC(C)C)OC(=O)CCCCCCCCC(C)CC. The third-order valence-electron chi connectivity index (χ3n) is 14.6. The summed E-state index contributed by atoms with van der Waals surface area (Å²) in [6.45, 7) is 11.5. The smallest absolute Gasteiger partial charge is 0.462 e. The predicted octanol–water partition coefficient (Wildman–Crippen LogP) is 17.4. The van der Waals surface area contributed by atoms with E-state index in [9.17, 15) is 43.2 Å². The van der Waals surface area contributed by atoms with E-state index in [4.69, 9.17) is 37.0 Å². The van der Waals surface area contributed by atoms with Gasteiger partial charge in [0.15, 0.2) is 12.2 Å². The molecule has 0 aromatic heterocycles. The molecule has 494 valence electrons. The van der Waals surface area contributed by atoms with Crippen molar-refractivity contribution in [2.45, 2.75) is 311 Å². The molecule has 0 radical (unpaired) electrons. The molecule has 19 heteroatoms. The number of phosphoric ester groups is 2. The summed E-state index contributed by atoms with van der Waals surface area (Å²) in [7, 11) is -9.90. The van der Waals surface area contributed by atoms with E-state index < -0.39 is 97.5 Å². The Balaban J connectivity index is 5.27. The molecule has 0 rings (SSSR count). The Morgan fingerprint density at radius 1 is 0.393 bits per heavy atom. The maximum absolute atomic E-state index is 13.0. The van der Waals surface area contributed by atoms with Gasteiger partial charge in [-0.25, -0.2) is 9.13 Å². The Morgan fingerprint density at radius 2 is 0.702 bits per heavy atom. The quantitative estimate of drug-likeness (QED) is 0.0169. The highest BCUT2D eigenvalue weighted by Gasteiger charge is 2.30. The molecule has 0 spiro atoms. The molecule has 0 fully saturated rings. The minimum Gasteiger partial charge on any atom is -0.462 e. The van der Waals surface area contributed by atoms with Crippen molar-refractivity contribution < 1.29 is 80.2 Å². The van der Waals surface area contributed by atoms with Crippen LogP contribution in [0.1, 0.15) is 292 Å². The first kappa shape index (κ1) is 81.5. The molecule has 17 nitrogen and oxygen atoms in total. The maximum atomic E-state index is 13.0. The van der Waals surface area contributed by atoms with Crippen molar-refractivity contribution in [3.63, 3.8) is 0 Å². The summed E-state index contributed by atoms with van der Waals surface area (Å²) in [5.74, 6) is -0.0731. The molecule has 3 N–H and O–H groups in total. The number of carbonyl (C=O) groups is 4. The van der Waals surface area contributed by atoms with Crippen LogP contribution >= 0.6 is 15.6 Å². The van der Waals surface area contributed by atoms with Crippen molar-refractivity contribution in [3.05, 3.63) is 24.3 Å². The lowest BCUT2D eigenvalue weighted by atomic mass is 10.00. The van der Waals surface area contributed by atoms with Crippen LogP contribution < -0.4 is 0 Å². The molecule has 0 aliphatic rings. The second kappa shape index (κ2) is 55.8. The Labute approximate surface area is 510 Å². The van der Waals surface area contributed by atoms with E-state index in [1.165, 1.54) is 77.0 Å². The van der Waals surface area contributed by atoms with E-state index in [1.54, 1.807) is 0 Å². The normalized spacial score (nSPS) is 14.9. The molecule has 0 aromatic carbocycles. The zero-order valence-electron chi connectivity index (χ0n) is 53.8. The minimum absolute atomic E-state index is 0.0831. The molecule has 0 aliphatic heterocycles. The van der Waals surface area contributed by atoms with E-state index in [2.05, 4.69) is 72.8 Å². The first-order valence-electron chi connectivity index (χ1n) is 33.2. The van der Waals surface area contributed by atoms with Gasteiger partial charge in [0, 0.05) is 25.7 Å². The highest BCUT2D eigenvalue weighted by Crippen LogP contribution is 2.45. The zero-order chi connectivity index (χ0) is 62.4. The second-order valence-electron chi connectivity index (χ2n) is 24.0. The molecule has 0 aliphatic carbocycles. The number of hydrogen-bond donors (Lipinski definition) is 3. The third kappa shape index (κ3) is 57.3. The van der Waals surface area contributed by atoms with Crippen LogP contribution in [-0.2, 0) is 65.4 Å². The number of aliphatic hydroxyl groups excluding tert-OH is 1. The van der Waals surface area contributed by atoms with Crippen LogP contribution in [0.15, 0.2) is 24.3 Å². The van der Waals surface area contributed by atoms with Crippen molar-refractivity contribution >= 4 is 39.5 Å². The fourth-order valence-corrected chi connectivity index (χ4v) is 10.7. The van der Waals surface area contributed by atoms with Crippen molar-refractivity contribution in [2.24, 2.45) is 17.8 Å². The van der Waals surface area contributed by atoms with E-state index in [0.29, 0.717) is 37.5 Å². The number of allylic oxidation sites excluding steroid dienone is 4. The summed E-state index contributed by atoms with van der Waals surface area (Å²) in [6.07, 6.45) is 40.1. The average molecular weight is 1240 g/mol. The van der Waals surface area contributed by atoms with Gasteiger partial charge in [0.05, 0.1) is 26.4 Å². The van der Waals surface area contributed by atoms with Gasteiger partial charge in [-0.15, -0.1) is 0 Å². The Morgan fingerprint density at radius 3 is 1.06 bits per heavy atom. The standard InChI is InChI=1S/C65H122O17P2/c1-8-10-11-12-13-14-15-16-17-18-19-20-23-34-41-48-64(69)81-60(53-76-63(68)47-40-33-27-25-30-37-44-57(5)6)54-79-83(71,72)77-50-59(66)51-78-84(73,74)80-55-61(82-65(70)49-42-35-28-26-31-38-45-58(7)9-2)52-75-62(67)46-39-32-24-21-22-29-36-43-56(3)4/h14-17,56-61,66H,8-13,18-55H2,1-7H3,(H,71,72)(H,73,74)/b15-14-,17-16-/t58?,59-,60+,61+/m0/s1. The van der Waals surface area contributed by atoms with Gasteiger partial charge in [-0.1, -0.05) is 240 Å².